The average Bonchev–Trinajstić information content (AvgIpc) is 3.46. The number of hydrogen-bond donors (Lipinski definition) is 3. The minimum absolute atomic E-state index is 0.405. The first kappa shape index (κ1) is 25.5. The maximum atomic E-state index is 12.7. The molecular weight excluding hydrogens is 434 g/mol. The Kier molecular flexibility index (Phi) is 8.03. The molecule has 1 saturated carbocycles. The Bertz CT molecular complexity index is 1020. The highest BCUT2D eigenvalue weighted by Crippen LogP contribution is 2.37. The summed E-state index contributed by atoms with van der Waals surface area (Å²) in [6.45, 7) is 9.69. The van der Waals surface area contributed by atoms with Crippen LogP contribution in [0.15, 0.2) is 42.5 Å². The van der Waals surface area contributed by atoms with E-state index in [1.54, 1.807) is 20.9 Å². The second kappa shape index (κ2) is 10.4. The predicted molar refractivity (Wildman–Crippen MR) is 137 cm³/mol. The van der Waals surface area contributed by atoms with E-state index in [1.165, 1.54) is 16.3 Å². The predicted octanol–water partition coefficient (Wildman–Crippen LogP) is 3.37. The fourth-order valence-electron chi connectivity index (χ4n) is 3.91. The number of rotatable bonds is 12. The Morgan fingerprint density at radius 3 is 2.48 bits per heavy atom. The topological polar surface area (TPSA) is 100 Å². The molecule has 3 rings (SSSR count). The maximum absolute atomic E-state index is 12.7. The van der Waals surface area contributed by atoms with Crippen molar-refractivity contribution in [2.75, 3.05) is 29.8 Å². The minimum atomic E-state index is -3.47. The molecular formula is C25H39N5O2S. The zero-order valence-electron chi connectivity index (χ0n) is 20.5. The van der Waals surface area contributed by atoms with Crippen molar-refractivity contribution < 1.29 is 8.42 Å². The van der Waals surface area contributed by atoms with Crippen LogP contribution in [0.1, 0.15) is 45.2 Å². The molecule has 0 aliphatic heterocycles. The van der Waals surface area contributed by atoms with Crippen molar-refractivity contribution in [3.05, 3.63) is 53.6 Å². The second-order valence-electron chi connectivity index (χ2n) is 10.1. The van der Waals surface area contributed by atoms with Crippen LogP contribution in [0.25, 0.3) is 0 Å². The standard InChI is InChI=1S/C25H39N5O2S/c1-18(2)33(31,32)30(5)24-13-21(12-23(29-24)28-16-22-11-19(22)3)15-27-17-25(4,26)14-20-9-7-6-8-10-20/h6-10,12-13,18-19,22,27H,11,14-17,26H2,1-5H3,(H,28,29). The number of anilines is 2. The van der Waals surface area contributed by atoms with Crippen molar-refractivity contribution in [3.8, 4) is 0 Å². The highest BCUT2D eigenvalue weighted by molar-refractivity contribution is 7.93. The summed E-state index contributed by atoms with van der Waals surface area (Å²) in [5, 5.41) is 6.34. The second-order valence-corrected chi connectivity index (χ2v) is 12.6. The fourth-order valence-corrected chi connectivity index (χ4v) is 4.89. The molecule has 1 fully saturated rings. The minimum Gasteiger partial charge on any atom is -0.370 e. The van der Waals surface area contributed by atoms with Gasteiger partial charge >= 0.3 is 0 Å². The van der Waals surface area contributed by atoms with Gasteiger partial charge in [-0.25, -0.2) is 13.4 Å². The summed E-state index contributed by atoms with van der Waals surface area (Å²) in [7, 11) is -1.90. The van der Waals surface area contributed by atoms with Crippen molar-refractivity contribution in [1.29, 1.82) is 0 Å². The van der Waals surface area contributed by atoms with Gasteiger partial charge < -0.3 is 16.4 Å². The van der Waals surface area contributed by atoms with Crippen LogP contribution < -0.4 is 20.7 Å². The molecule has 0 bridgehead atoms. The van der Waals surface area contributed by atoms with E-state index < -0.39 is 20.8 Å². The van der Waals surface area contributed by atoms with Crippen LogP contribution in [0.2, 0.25) is 0 Å². The maximum Gasteiger partial charge on any atom is 0.238 e. The van der Waals surface area contributed by atoms with E-state index in [4.69, 9.17) is 5.73 Å². The SMILES string of the molecule is CC1CC1CNc1cc(CNCC(C)(N)Cc2ccccc2)cc(N(C)S(=O)(=O)C(C)C)n1. The van der Waals surface area contributed by atoms with Gasteiger partial charge in [-0.1, -0.05) is 37.3 Å². The van der Waals surface area contributed by atoms with Gasteiger partial charge in [0.2, 0.25) is 10.0 Å². The lowest BCUT2D eigenvalue weighted by molar-refractivity contribution is 0.426. The smallest absolute Gasteiger partial charge is 0.238 e. The molecule has 1 aliphatic carbocycles. The van der Waals surface area contributed by atoms with Gasteiger partial charge in [0.25, 0.3) is 0 Å². The quantitative estimate of drug-likeness (QED) is 0.437. The molecule has 182 valence electrons. The Labute approximate surface area is 199 Å². The van der Waals surface area contributed by atoms with Crippen molar-refractivity contribution in [2.24, 2.45) is 17.6 Å². The summed E-state index contributed by atoms with van der Waals surface area (Å²) in [6.07, 6.45) is 1.99. The first-order valence-corrected chi connectivity index (χ1v) is 13.2. The molecule has 0 radical (unpaired) electrons. The van der Waals surface area contributed by atoms with Gasteiger partial charge in [-0.05, 0) is 68.7 Å². The Balaban J connectivity index is 1.71. The summed E-state index contributed by atoms with van der Waals surface area (Å²) < 4.78 is 26.7. The number of nitrogens with two attached hydrogens (primary N) is 1. The van der Waals surface area contributed by atoms with E-state index in [2.05, 4.69) is 34.7 Å². The lowest BCUT2D eigenvalue weighted by Crippen LogP contribution is -2.47. The normalized spacial score (nSPS) is 19.8. The number of sulfonamides is 1. The third kappa shape index (κ3) is 7.16. The number of nitrogens with zero attached hydrogens (tertiary/aromatic N) is 2. The number of aromatic nitrogens is 1. The molecule has 3 atom stereocenters. The molecule has 1 aliphatic rings. The molecule has 8 heteroatoms. The summed E-state index contributed by atoms with van der Waals surface area (Å²) in [4.78, 5) is 4.60. The van der Waals surface area contributed by atoms with Crippen LogP contribution in [0.5, 0.6) is 0 Å². The number of nitrogens with one attached hydrogen (secondary N) is 2. The molecule has 7 nitrogen and oxygen atoms in total. The zero-order valence-corrected chi connectivity index (χ0v) is 21.3. The highest BCUT2D eigenvalue weighted by Gasteiger charge is 2.32. The molecule has 1 heterocycles. The van der Waals surface area contributed by atoms with E-state index >= 15 is 0 Å². The molecule has 3 unspecified atom stereocenters. The van der Waals surface area contributed by atoms with Crippen LogP contribution in [0.4, 0.5) is 11.6 Å². The first-order valence-electron chi connectivity index (χ1n) is 11.7. The van der Waals surface area contributed by atoms with Gasteiger partial charge in [0.1, 0.15) is 11.6 Å². The summed E-state index contributed by atoms with van der Waals surface area (Å²) in [6, 6.07) is 14.1. The van der Waals surface area contributed by atoms with Gasteiger partial charge in [-0.15, -0.1) is 0 Å². The van der Waals surface area contributed by atoms with Crippen molar-refractivity contribution in [1.82, 2.24) is 10.3 Å². The van der Waals surface area contributed by atoms with E-state index in [1.807, 2.05) is 37.3 Å². The summed E-state index contributed by atoms with van der Waals surface area (Å²) in [5.41, 5.74) is 8.30. The van der Waals surface area contributed by atoms with E-state index in [-0.39, 0.29) is 0 Å². The lowest BCUT2D eigenvalue weighted by Gasteiger charge is -2.26. The van der Waals surface area contributed by atoms with E-state index in [0.29, 0.717) is 30.6 Å². The van der Waals surface area contributed by atoms with Crippen LogP contribution in [-0.4, -0.2) is 44.3 Å². The van der Waals surface area contributed by atoms with Gasteiger partial charge in [-0.2, -0.15) is 0 Å². The third-order valence-corrected chi connectivity index (χ3v) is 8.44. The van der Waals surface area contributed by atoms with Gasteiger partial charge in [-0.3, -0.25) is 4.31 Å². The third-order valence-electron chi connectivity index (χ3n) is 6.30. The zero-order chi connectivity index (χ0) is 24.2. The van der Waals surface area contributed by atoms with Crippen LogP contribution in [0, 0.1) is 11.8 Å². The summed E-state index contributed by atoms with van der Waals surface area (Å²) >= 11 is 0. The molecule has 1 aromatic heterocycles. The number of pyridine rings is 1. The lowest BCUT2D eigenvalue weighted by atomic mass is 9.94. The van der Waals surface area contributed by atoms with Crippen LogP contribution >= 0.6 is 0 Å². The van der Waals surface area contributed by atoms with Crippen LogP contribution in [0.3, 0.4) is 0 Å². The average molecular weight is 474 g/mol. The van der Waals surface area contributed by atoms with Crippen molar-refractivity contribution in [2.45, 2.75) is 57.9 Å². The summed E-state index contributed by atoms with van der Waals surface area (Å²) in [5.74, 6) is 2.52. The van der Waals surface area contributed by atoms with Gasteiger partial charge in [0.15, 0.2) is 0 Å². The van der Waals surface area contributed by atoms with E-state index in [0.717, 1.165) is 24.4 Å². The van der Waals surface area contributed by atoms with Crippen molar-refractivity contribution in [3.63, 3.8) is 0 Å². The molecule has 4 N–H and O–H groups in total. The highest BCUT2D eigenvalue weighted by atomic mass is 32.2. The number of hydrogen-bond acceptors (Lipinski definition) is 6. The molecule has 2 aromatic rings. The first-order chi connectivity index (χ1) is 15.5. The Morgan fingerprint density at radius 1 is 1.21 bits per heavy atom. The molecule has 0 saturated heterocycles. The fraction of sp³-hybridized carbons (Fsp3) is 0.560. The van der Waals surface area contributed by atoms with Gasteiger partial charge in [0, 0.05) is 32.2 Å². The van der Waals surface area contributed by atoms with Crippen molar-refractivity contribution >= 4 is 21.7 Å². The van der Waals surface area contributed by atoms with Gasteiger partial charge in [0.05, 0.1) is 5.25 Å². The molecule has 0 amide bonds. The monoisotopic (exact) mass is 473 g/mol. The molecule has 1 aromatic carbocycles. The molecule has 33 heavy (non-hydrogen) atoms. The Morgan fingerprint density at radius 2 is 1.88 bits per heavy atom. The molecule has 0 spiro atoms. The number of benzene rings is 1. The largest absolute Gasteiger partial charge is 0.370 e. The van der Waals surface area contributed by atoms with Crippen LogP contribution in [-0.2, 0) is 23.0 Å². The van der Waals surface area contributed by atoms with E-state index in [9.17, 15) is 8.42 Å². The Hall–Kier alpha value is -2.16.